The van der Waals surface area contributed by atoms with Gasteiger partial charge in [0, 0.05) is 12.3 Å². The normalized spacial score (nSPS) is 27.5. The van der Waals surface area contributed by atoms with Gasteiger partial charge in [-0.1, -0.05) is 22.8 Å². The summed E-state index contributed by atoms with van der Waals surface area (Å²) in [5, 5.41) is 21.2. The lowest BCUT2D eigenvalue weighted by Crippen LogP contribution is -2.54. The number of benzene rings is 1. The average molecular weight is 491 g/mol. The first-order chi connectivity index (χ1) is 15.4. The largest absolute Gasteiger partial charge is 0.411 e. The van der Waals surface area contributed by atoms with Crippen LogP contribution >= 0.6 is 11.6 Å². The highest BCUT2D eigenvalue weighted by Gasteiger charge is 2.58. The van der Waals surface area contributed by atoms with Crippen LogP contribution in [0, 0.1) is 17.7 Å². The SMILES string of the molecule is CC(C)(O)CN1N=CC(C2ON=C(c3c(F)cccc3Cl)C2C(=O)NC2CC2)C1C(F)(F)F. The molecule has 33 heavy (non-hydrogen) atoms. The third-order valence-electron chi connectivity index (χ3n) is 5.66. The van der Waals surface area contributed by atoms with Crippen LogP contribution in [0.15, 0.2) is 28.5 Å². The summed E-state index contributed by atoms with van der Waals surface area (Å²) in [5.74, 6) is -4.17. The van der Waals surface area contributed by atoms with E-state index in [2.05, 4.69) is 15.6 Å². The van der Waals surface area contributed by atoms with Gasteiger partial charge in [-0.25, -0.2) is 4.39 Å². The number of hydrogen-bond acceptors (Lipinski definition) is 6. The van der Waals surface area contributed by atoms with Gasteiger partial charge in [0.25, 0.3) is 0 Å². The molecule has 3 aliphatic rings. The van der Waals surface area contributed by atoms with E-state index in [-0.39, 0.29) is 22.3 Å². The van der Waals surface area contributed by atoms with Gasteiger partial charge in [0.05, 0.1) is 28.6 Å². The van der Waals surface area contributed by atoms with Crippen LogP contribution in [-0.4, -0.2) is 64.5 Å². The molecule has 12 heteroatoms. The number of hydrogen-bond donors (Lipinski definition) is 2. The summed E-state index contributed by atoms with van der Waals surface area (Å²) in [6, 6.07) is 1.61. The maximum atomic E-state index is 14.6. The number of rotatable bonds is 6. The molecule has 0 saturated heterocycles. The van der Waals surface area contributed by atoms with Crippen molar-refractivity contribution in [3.05, 3.63) is 34.6 Å². The minimum Gasteiger partial charge on any atom is -0.390 e. The number of aliphatic hydroxyl groups is 1. The maximum Gasteiger partial charge on any atom is 0.411 e. The van der Waals surface area contributed by atoms with Gasteiger partial charge in [-0.2, -0.15) is 18.3 Å². The van der Waals surface area contributed by atoms with E-state index in [1.165, 1.54) is 26.0 Å². The molecule has 7 nitrogen and oxygen atoms in total. The fourth-order valence-electron chi connectivity index (χ4n) is 4.12. The molecule has 0 radical (unpaired) electrons. The van der Waals surface area contributed by atoms with Gasteiger partial charge >= 0.3 is 6.18 Å². The molecule has 2 heterocycles. The summed E-state index contributed by atoms with van der Waals surface area (Å²) < 4.78 is 57.0. The van der Waals surface area contributed by atoms with E-state index < -0.39 is 54.0 Å². The Balaban J connectivity index is 1.70. The summed E-state index contributed by atoms with van der Waals surface area (Å²) in [7, 11) is 0. The van der Waals surface area contributed by atoms with E-state index in [1.54, 1.807) is 0 Å². The van der Waals surface area contributed by atoms with Crippen LogP contribution in [0.4, 0.5) is 17.6 Å². The molecule has 2 aliphatic heterocycles. The lowest BCUT2D eigenvalue weighted by atomic mass is 9.81. The Bertz CT molecular complexity index is 970. The van der Waals surface area contributed by atoms with Gasteiger partial charge in [0.1, 0.15) is 17.4 Å². The summed E-state index contributed by atoms with van der Waals surface area (Å²) in [6.45, 7) is 2.33. The second kappa shape index (κ2) is 8.43. The number of carbonyl (C=O) groups is 1. The zero-order valence-corrected chi connectivity index (χ0v) is 18.6. The predicted molar refractivity (Wildman–Crippen MR) is 112 cm³/mol. The second-order valence-corrected chi connectivity index (χ2v) is 9.55. The van der Waals surface area contributed by atoms with Gasteiger partial charge in [0.2, 0.25) is 5.91 Å². The molecule has 4 rings (SSSR count). The van der Waals surface area contributed by atoms with E-state index in [0.717, 1.165) is 30.1 Å². The number of amides is 1. The first kappa shape index (κ1) is 23.7. The highest BCUT2D eigenvalue weighted by Crippen LogP contribution is 2.41. The smallest absolute Gasteiger partial charge is 0.390 e. The Hall–Kier alpha value is -2.40. The Morgan fingerprint density at radius 3 is 2.61 bits per heavy atom. The Morgan fingerprint density at radius 1 is 1.33 bits per heavy atom. The first-order valence-corrected chi connectivity index (χ1v) is 10.8. The molecule has 1 amide bonds. The van der Waals surface area contributed by atoms with Crippen LogP contribution in [0.25, 0.3) is 0 Å². The summed E-state index contributed by atoms with van der Waals surface area (Å²) in [6.07, 6.45) is -3.63. The van der Waals surface area contributed by atoms with Crippen molar-refractivity contribution in [3.63, 3.8) is 0 Å². The van der Waals surface area contributed by atoms with Crippen molar-refractivity contribution in [1.82, 2.24) is 10.3 Å². The molecule has 4 atom stereocenters. The van der Waals surface area contributed by atoms with Crippen molar-refractivity contribution in [3.8, 4) is 0 Å². The summed E-state index contributed by atoms with van der Waals surface area (Å²) >= 11 is 6.15. The number of β-amino-alcohol motifs (C(OH)–C–C–N with tert-alkyl or cyclic N) is 1. The van der Waals surface area contributed by atoms with E-state index >= 15 is 0 Å². The van der Waals surface area contributed by atoms with Crippen LogP contribution in [0.2, 0.25) is 5.02 Å². The highest BCUT2D eigenvalue weighted by molar-refractivity contribution is 6.35. The zero-order valence-electron chi connectivity index (χ0n) is 17.8. The topological polar surface area (TPSA) is 86.5 Å². The molecule has 180 valence electrons. The van der Waals surface area contributed by atoms with Crippen molar-refractivity contribution in [2.75, 3.05) is 6.54 Å². The molecule has 0 bridgehead atoms. The Kier molecular flexibility index (Phi) is 6.06. The number of nitrogens with one attached hydrogen (secondary N) is 1. The van der Waals surface area contributed by atoms with Gasteiger partial charge in [0.15, 0.2) is 12.1 Å². The van der Waals surface area contributed by atoms with Crippen LogP contribution in [0.1, 0.15) is 32.3 Å². The predicted octanol–water partition coefficient (Wildman–Crippen LogP) is 3.10. The maximum absolute atomic E-state index is 14.6. The number of halogens is 5. The van der Waals surface area contributed by atoms with Crippen molar-refractivity contribution >= 4 is 29.4 Å². The number of carbonyl (C=O) groups excluding carboxylic acids is 1. The van der Waals surface area contributed by atoms with Crippen molar-refractivity contribution in [2.24, 2.45) is 22.1 Å². The molecule has 1 aromatic carbocycles. The molecular formula is C21H23ClF4N4O3. The van der Waals surface area contributed by atoms with Gasteiger partial charge in [-0.15, -0.1) is 0 Å². The van der Waals surface area contributed by atoms with Crippen LogP contribution in [0.3, 0.4) is 0 Å². The van der Waals surface area contributed by atoms with Crippen molar-refractivity contribution in [1.29, 1.82) is 0 Å². The fourth-order valence-corrected chi connectivity index (χ4v) is 4.38. The fraction of sp³-hybridized carbons (Fsp3) is 0.571. The molecule has 1 aromatic rings. The molecule has 1 aliphatic carbocycles. The van der Waals surface area contributed by atoms with E-state index in [4.69, 9.17) is 16.4 Å². The monoisotopic (exact) mass is 490 g/mol. The summed E-state index contributed by atoms with van der Waals surface area (Å²) in [5.41, 5.74) is -1.82. The lowest BCUT2D eigenvalue weighted by molar-refractivity contribution is -0.201. The minimum atomic E-state index is -4.76. The Morgan fingerprint density at radius 2 is 2.03 bits per heavy atom. The number of oxime groups is 1. The van der Waals surface area contributed by atoms with Crippen LogP contribution in [-0.2, 0) is 9.63 Å². The summed E-state index contributed by atoms with van der Waals surface area (Å²) in [4.78, 5) is 18.5. The molecular weight excluding hydrogens is 468 g/mol. The third kappa shape index (κ3) is 4.93. The molecule has 1 saturated carbocycles. The number of hydrazone groups is 1. The first-order valence-electron chi connectivity index (χ1n) is 10.4. The van der Waals surface area contributed by atoms with Crippen LogP contribution < -0.4 is 5.32 Å². The van der Waals surface area contributed by atoms with Crippen molar-refractivity contribution in [2.45, 2.75) is 56.7 Å². The molecule has 4 unspecified atom stereocenters. The van der Waals surface area contributed by atoms with Crippen molar-refractivity contribution < 1.29 is 32.3 Å². The second-order valence-electron chi connectivity index (χ2n) is 9.14. The quantitative estimate of drug-likeness (QED) is 0.600. The van der Waals surface area contributed by atoms with E-state index in [9.17, 15) is 27.5 Å². The van der Waals surface area contributed by atoms with Crippen LogP contribution in [0.5, 0.6) is 0 Å². The minimum absolute atomic E-state index is 0.0432. The third-order valence-corrected chi connectivity index (χ3v) is 5.97. The molecule has 0 aromatic heterocycles. The number of nitrogens with zero attached hydrogens (tertiary/aromatic N) is 3. The van der Waals surface area contributed by atoms with Gasteiger partial charge in [-0.3, -0.25) is 9.80 Å². The van der Waals surface area contributed by atoms with Gasteiger partial charge in [-0.05, 0) is 38.8 Å². The average Bonchev–Trinajstić information content (AvgIpc) is 3.21. The lowest BCUT2D eigenvalue weighted by Gasteiger charge is -2.35. The molecule has 2 N–H and O–H groups in total. The highest BCUT2D eigenvalue weighted by atomic mass is 35.5. The Labute approximate surface area is 192 Å². The zero-order chi connectivity index (χ0) is 24.1. The number of alkyl halides is 3. The molecule has 0 spiro atoms. The van der Waals surface area contributed by atoms with Gasteiger partial charge < -0.3 is 15.3 Å². The van der Waals surface area contributed by atoms with E-state index in [1.807, 2.05) is 0 Å². The van der Waals surface area contributed by atoms with E-state index in [0.29, 0.717) is 0 Å². The molecule has 1 fully saturated rings. The standard InChI is InChI=1S/C21H23ClF4N4O3/c1-20(2,32)9-30-18(21(24,25)26)11(8-27-30)17-15(19(31)28-10-6-7-10)16(29-33-17)14-12(22)4-3-5-13(14)23/h3-5,8,10-11,15,17-18,32H,6-7,9H2,1-2H3,(H,28,31).